The van der Waals surface area contributed by atoms with E-state index in [-0.39, 0.29) is 29.8 Å². The van der Waals surface area contributed by atoms with E-state index in [9.17, 15) is 9.59 Å². The molecule has 0 bridgehead atoms. The van der Waals surface area contributed by atoms with Crippen molar-refractivity contribution in [2.24, 2.45) is 11.7 Å². The van der Waals surface area contributed by atoms with Gasteiger partial charge in [-0.15, -0.1) is 0 Å². The third kappa shape index (κ3) is 4.00. The Morgan fingerprint density at radius 3 is 2.59 bits per heavy atom. The molecular weight excluding hydrogens is 218 g/mol. The molecule has 5 nitrogen and oxygen atoms in total. The Labute approximate surface area is 103 Å². The first-order valence-corrected chi connectivity index (χ1v) is 6.25. The summed E-state index contributed by atoms with van der Waals surface area (Å²) >= 11 is 0. The third-order valence-corrected chi connectivity index (χ3v) is 3.26. The summed E-state index contributed by atoms with van der Waals surface area (Å²) in [5.74, 6) is -0.0581. The average molecular weight is 241 g/mol. The summed E-state index contributed by atoms with van der Waals surface area (Å²) in [6.45, 7) is 6.95. The van der Waals surface area contributed by atoms with Crippen molar-refractivity contribution in [2.75, 3.05) is 13.1 Å². The Hall–Kier alpha value is -1.10. The van der Waals surface area contributed by atoms with E-state index in [1.165, 1.54) is 0 Å². The molecule has 2 amide bonds. The molecule has 17 heavy (non-hydrogen) atoms. The zero-order valence-corrected chi connectivity index (χ0v) is 10.9. The van der Waals surface area contributed by atoms with Gasteiger partial charge in [-0.1, -0.05) is 6.92 Å². The largest absolute Gasteiger partial charge is 0.352 e. The van der Waals surface area contributed by atoms with Gasteiger partial charge in [-0.2, -0.15) is 0 Å². The second-order valence-corrected chi connectivity index (χ2v) is 5.00. The van der Waals surface area contributed by atoms with Gasteiger partial charge < -0.3 is 16.0 Å². The van der Waals surface area contributed by atoms with Crippen molar-refractivity contribution in [3.8, 4) is 0 Å². The smallest absolute Gasteiger partial charge is 0.224 e. The summed E-state index contributed by atoms with van der Waals surface area (Å²) in [5, 5.41) is 2.90. The van der Waals surface area contributed by atoms with Crippen LogP contribution in [-0.4, -0.2) is 41.9 Å². The molecule has 3 N–H and O–H groups in total. The van der Waals surface area contributed by atoms with Crippen LogP contribution in [-0.2, 0) is 9.59 Å². The van der Waals surface area contributed by atoms with Crippen molar-refractivity contribution >= 4 is 11.8 Å². The Morgan fingerprint density at radius 2 is 2.12 bits per heavy atom. The maximum absolute atomic E-state index is 11.8. The zero-order chi connectivity index (χ0) is 13.0. The molecular formula is C12H23N3O2. The normalized spacial score (nSPS) is 21.2. The molecule has 1 rings (SSSR count). The molecule has 98 valence electrons. The summed E-state index contributed by atoms with van der Waals surface area (Å²) in [4.78, 5) is 25.0. The lowest BCUT2D eigenvalue weighted by Crippen LogP contribution is -2.46. The molecule has 1 saturated heterocycles. The van der Waals surface area contributed by atoms with Crippen LogP contribution < -0.4 is 11.1 Å². The quantitative estimate of drug-likeness (QED) is 0.716. The number of carbonyl (C=O) groups excluding carboxylic acids is 2. The molecule has 1 fully saturated rings. The highest BCUT2D eigenvalue weighted by molar-refractivity contribution is 5.80. The lowest BCUT2D eigenvalue weighted by Gasteiger charge is -2.24. The SMILES string of the molecule is CC(CN1CCCC1=O)NC(=O)C(C)C(C)N. The van der Waals surface area contributed by atoms with E-state index < -0.39 is 0 Å². The van der Waals surface area contributed by atoms with Crippen molar-refractivity contribution in [2.45, 2.75) is 45.7 Å². The first-order valence-electron chi connectivity index (χ1n) is 6.25. The minimum Gasteiger partial charge on any atom is -0.352 e. The number of carbonyl (C=O) groups is 2. The van der Waals surface area contributed by atoms with Gasteiger partial charge in [0.25, 0.3) is 0 Å². The highest BCUT2D eigenvalue weighted by Gasteiger charge is 2.24. The molecule has 0 aromatic rings. The molecule has 0 spiro atoms. The van der Waals surface area contributed by atoms with Crippen LogP contribution in [0.15, 0.2) is 0 Å². The summed E-state index contributed by atoms with van der Waals surface area (Å²) < 4.78 is 0. The monoisotopic (exact) mass is 241 g/mol. The lowest BCUT2D eigenvalue weighted by atomic mass is 10.0. The first-order chi connectivity index (χ1) is 7.91. The van der Waals surface area contributed by atoms with Gasteiger partial charge in [0.05, 0.1) is 0 Å². The van der Waals surface area contributed by atoms with Crippen LogP contribution in [0.2, 0.25) is 0 Å². The summed E-state index contributed by atoms with van der Waals surface area (Å²) in [6, 6.07) is -0.179. The molecule has 0 aromatic heterocycles. The van der Waals surface area contributed by atoms with E-state index >= 15 is 0 Å². The molecule has 1 aliphatic rings. The summed E-state index contributed by atoms with van der Waals surface area (Å²) in [7, 11) is 0. The Balaban J connectivity index is 2.36. The van der Waals surface area contributed by atoms with Crippen molar-refractivity contribution in [1.29, 1.82) is 0 Å². The van der Waals surface area contributed by atoms with E-state index in [1.807, 2.05) is 25.7 Å². The third-order valence-electron chi connectivity index (χ3n) is 3.26. The number of hydrogen-bond acceptors (Lipinski definition) is 3. The van der Waals surface area contributed by atoms with Crippen molar-refractivity contribution in [3.05, 3.63) is 0 Å². The second-order valence-electron chi connectivity index (χ2n) is 5.00. The first kappa shape index (κ1) is 14.0. The molecule has 3 atom stereocenters. The molecule has 1 aliphatic heterocycles. The van der Waals surface area contributed by atoms with Gasteiger partial charge in [0, 0.05) is 37.5 Å². The van der Waals surface area contributed by atoms with Gasteiger partial charge in [0.2, 0.25) is 11.8 Å². The van der Waals surface area contributed by atoms with Gasteiger partial charge in [-0.3, -0.25) is 9.59 Å². The Kier molecular flexibility index (Phi) is 4.93. The fourth-order valence-electron chi connectivity index (χ4n) is 1.89. The standard InChI is InChI=1S/C12H23N3O2/c1-8(7-15-6-4-5-11(15)16)14-12(17)9(2)10(3)13/h8-10H,4-7,13H2,1-3H3,(H,14,17). The number of nitrogens with one attached hydrogen (secondary N) is 1. The topological polar surface area (TPSA) is 75.4 Å². The van der Waals surface area contributed by atoms with Gasteiger partial charge in [0.1, 0.15) is 0 Å². The molecule has 5 heteroatoms. The molecule has 0 aliphatic carbocycles. The van der Waals surface area contributed by atoms with Crippen molar-refractivity contribution in [1.82, 2.24) is 10.2 Å². The van der Waals surface area contributed by atoms with Crippen molar-refractivity contribution in [3.63, 3.8) is 0 Å². The molecule has 0 aromatic carbocycles. The lowest BCUT2D eigenvalue weighted by molar-refractivity contribution is -0.129. The number of likely N-dealkylation sites (tertiary alicyclic amines) is 1. The molecule has 0 saturated carbocycles. The Bertz CT molecular complexity index is 291. The van der Waals surface area contributed by atoms with E-state index in [0.717, 1.165) is 13.0 Å². The highest BCUT2D eigenvalue weighted by atomic mass is 16.2. The van der Waals surface area contributed by atoms with Crippen LogP contribution in [0.25, 0.3) is 0 Å². The maximum atomic E-state index is 11.8. The second kappa shape index (κ2) is 6.00. The van der Waals surface area contributed by atoms with Crippen molar-refractivity contribution < 1.29 is 9.59 Å². The van der Waals surface area contributed by atoms with E-state index in [2.05, 4.69) is 5.32 Å². The van der Waals surface area contributed by atoms with Gasteiger partial charge >= 0.3 is 0 Å². The van der Waals surface area contributed by atoms with E-state index in [1.54, 1.807) is 0 Å². The van der Waals surface area contributed by atoms with Gasteiger partial charge in [0.15, 0.2) is 0 Å². The molecule has 3 unspecified atom stereocenters. The van der Waals surface area contributed by atoms with Crippen LogP contribution in [0.3, 0.4) is 0 Å². The van der Waals surface area contributed by atoms with Crippen LogP contribution in [0.5, 0.6) is 0 Å². The number of amides is 2. The fraction of sp³-hybridized carbons (Fsp3) is 0.833. The van der Waals surface area contributed by atoms with E-state index in [4.69, 9.17) is 5.73 Å². The molecule has 1 heterocycles. The summed E-state index contributed by atoms with van der Waals surface area (Å²) in [5.41, 5.74) is 5.67. The van der Waals surface area contributed by atoms with Crippen LogP contribution >= 0.6 is 0 Å². The van der Waals surface area contributed by atoms with Crippen LogP contribution in [0, 0.1) is 5.92 Å². The maximum Gasteiger partial charge on any atom is 0.224 e. The minimum atomic E-state index is -0.202. The van der Waals surface area contributed by atoms with E-state index in [0.29, 0.717) is 13.0 Å². The zero-order valence-electron chi connectivity index (χ0n) is 10.9. The average Bonchev–Trinajstić information content (AvgIpc) is 2.62. The Morgan fingerprint density at radius 1 is 1.47 bits per heavy atom. The minimum absolute atomic E-state index is 0.0225. The van der Waals surface area contributed by atoms with Crippen LogP contribution in [0.4, 0.5) is 0 Å². The number of nitrogens with zero attached hydrogens (tertiary/aromatic N) is 1. The van der Waals surface area contributed by atoms with Gasteiger partial charge in [-0.05, 0) is 20.3 Å². The number of nitrogens with two attached hydrogens (primary N) is 1. The predicted molar refractivity (Wildman–Crippen MR) is 66.2 cm³/mol. The molecule has 0 radical (unpaired) electrons. The summed E-state index contributed by atoms with van der Waals surface area (Å²) in [6.07, 6.45) is 1.56. The predicted octanol–water partition coefficient (Wildman–Crippen LogP) is 0.0968. The van der Waals surface area contributed by atoms with Crippen LogP contribution in [0.1, 0.15) is 33.6 Å². The van der Waals surface area contributed by atoms with Gasteiger partial charge in [-0.25, -0.2) is 0 Å². The fourth-order valence-corrected chi connectivity index (χ4v) is 1.89. The number of hydrogen-bond donors (Lipinski definition) is 2. The highest BCUT2D eigenvalue weighted by Crippen LogP contribution is 2.10. The number of rotatable bonds is 5.